The van der Waals surface area contributed by atoms with Gasteiger partial charge in [0.1, 0.15) is 42.0 Å². The fraction of sp³-hybridized carbons (Fsp3) is 0.467. The largest absolute Gasteiger partial charge is 0.508 e. The lowest BCUT2D eigenvalue weighted by atomic mass is 9.87. The van der Waals surface area contributed by atoms with Gasteiger partial charge in [-0.2, -0.15) is 4.31 Å². The van der Waals surface area contributed by atoms with Crippen molar-refractivity contribution in [1.82, 2.24) is 30.2 Å². The van der Waals surface area contributed by atoms with Gasteiger partial charge in [0.25, 0.3) is 0 Å². The summed E-state index contributed by atoms with van der Waals surface area (Å²) in [5.41, 5.74) is 4.94. The number of nitrogens with one attached hydrogen (secondary N) is 2. The number of aromatic nitrogens is 4. The van der Waals surface area contributed by atoms with Gasteiger partial charge >= 0.3 is 23.5 Å². The first-order valence-corrected chi connectivity index (χ1v) is 22.5. The van der Waals surface area contributed by atoms with E-state index < -0.39 is 84.6 Å². The van der Waals surface area contributed by atoms with E-state index in [1.807, 2.05) is 0 Å². The highest BCUT2D eigenvalue weighted by atomic mass is 32.2. The van der Waals surface area contributed by atoms with Crippen LogP contribution in [0.15, 0.2) is 43.0 Å². The molecule has 25 nitrogen and oxygen atoms in total. The number of nitrogens with zero attached hydrogens (tertiary/aromatic N) is 4. The molecule has 0 saturated carbocycles. The lowest BCUT2D eigenvalue weighted by Gasteiger charge is -2.30. The van der Waals surface area contributed by atoms with Crippen LogP contribution in [0.2, 0.25) is 0 Å². The van der Waals surface area contributed by atoms with Gasteiger partial charge in [-0.15, -0.1) is 0 Å². The number of imidazole rings is 1. The van der Waals surface area contributed by atoms with Crippen LogP contribution in [0.4, 0.5) is 5.82 Å². The van der Waals surface area contributed by atoms with E-state index in [0.717, 1.165) is 29.0 Å². The molecular weight excluding hydrogens is 871 g/mol. The average Bonchev–Trinajstić information content (AvgIpc) is 3.71. The Balaban J connectivity index is 1.20. The van der Waals surface area contributed by atoms with Crippen LogP contribution in [0.5, 0.6) is 5.75 Å². The molecule has 2 unspecified atom stereocenters. The van der Waals surface area contributed by atoms with Crippen molar-refractivity contribution in [2.45, 2.75) is 50.9 Å². The summed E-state index contributed by atoms with van der Waals surface area (Å²) in [6.45, 7) is 0.345. The number of nitrogens with two attached hydrogens (primary N) is 1. The van der Waals surface area contributed by atoms with Gasteiger partial charge in [-0.1, -0.05) is 43.8 Å². The number of phenols is 1. The summed E-state index contributed by atoms with van der Waals surface area (Å²) < 4.78 is 62.1. The van der Waals surface area contributed by atoms with E-state index in [-0.39, 0.29) is 53.1 Å². The van der Waals surface area contributed by atoms with E-state index in [2.05, 4.69) is 34.4 Å². The minimum absolute atomic E-state index is 0.0243. The average molecular weight is 914 g/mol. The minimum atomic E-state index is -5.58. The van der Waals surface area contributed by atoms with Crippen molar-refractivity contribution in [3.63, 3.8) is 0 Å². The van der Waals surface area contributed by atoms with Gasteiger partial charge in [0.05, 0.1) is 19.5 Å². The van der Waals surface area contributed by atoms with E-state index in [1.165, 1.54) is 32.1 Å². The van der Waals surface area contributed by atoms with Gasteiger partial charge in [-0.05, 0) is 23.8 Å². The molecule has 3 aromatic rings. The number of fused-ring (bicyclic) bond motifs is 1. The van der Waals surface area contributed by atoms with E-state index >= 15 is 0 Å². The first-order chi connectivity index (χ1) is 27.5. The fourth-order valence-corrected chi connectivity index (χ4v) is 8.48. The summed E-state index contributed by atoms with van der Waals surface area (Å²) >= 11 is 0.956. The molecule has 29 heteroatoms. The second-order valence-electron chi connectivity index (χ2n) is 13.2. The van der Waals surface area contributed by atoms with Crippen molar-refractivity contribution < 1.29 is 85.6 Å². The number of phenolic OH excluding ortho intramolecular Hbond substituents is 1. The number of aliphatic hydroxyl groups excluding tert-OH is 2. The SMILES string of the molecule is CC(C)(COP(=O)(O)OP(=O)(O)OC[C@H]1O[C@@H](n2cnc3c(N)ncnc32)[C@H](O)[C@@H]1OP(=O)(O)O)[C@@H](O)C(=O)NCCC(=O)NCCSC(=O)/C=C/c1ccc(O)cc1. The molecule has 1 fully saturated rings. The second-order valence-corrected chi connectivity index (χ2v) is 18.5. The maximum Gasteiger partial charge on any atom is 0.481 e. The zero-order chi connectivity index (χ0) is 43.8. The molecule has 0 radical (unpaired) electrons. The molecule has 3 heterocycles. The van der Waals surface area contributed by atoms with Gasteiger partial charge < -0.3 is 56.0 Å². The Morgan fingerprint density at radius 2 is 1.71 bits per heavy atom. The molecule has 7 atom stereocenters. The maximum atomic E-state index is 12.7. The van der Waals surface area contributed by atoms with Crippen LogP contribution in [-0.4, -0.2) is 128 Å². The summed E-state index contributed by atoms with van der Waals surface area (Å²) in [7, 11) is -16.4. The van der Waals surface area contributed by atoms with E-state index in [9.17, 15) is 63.0 Å². The Morgan fingerprint density at radius 1 is 1.03 bits per heavy atom. The molecule has 0 aliphatic carbocycles. The van der Waals surface area contributed by atoms with Crippen LogP contribution < -0.4 is 16.4 Å². The number of phosphoric ester groups is 3. The number of carbonyl (C=O) groups is 3. The number of aromatic hydroxyl groups is 1. The Bertz CT molecular complexity index is 2140. The maximum absolute atomic E-state index is 12.7. The smallest absolute Gasteiger partial charge is 0.481 e. The summed E-state index contributed by atoms with van der Waals surface area (Å²) in [6.07, 6.45) is -4.10. The van der Waals surface area contributed by atoms with Crippen LogP contribution in [-0.2, 0) is 50.7 Å². The zero-order valence-electron chi connectivity index (χ0n) is 31.0. The van der Waals surface area contributed by atoms with Gasteiger partial charge in [0.2, 0.25) is 16.9 Å². The van der Waals surface area contributed by atoms with Crippen LogP contribution in [0.3, 0.4) is 0 Å². The molecule has 59 heavy (non-hydrogen) atoms. The number of anilines is 1. The molecule has 1 aromatic carbocycles. The lowest BCUT2D eigenvalue weighted by molar-refractivity contribution is -0.137. The number of hydrogen-bond acceptors (Lipinski definition) is 19. The standard InChI is InChI=1S/C30H42N7O18P3S/c1-30(2,25(42)28(43)33-10-9-20(39)32-11-12-59-21(40)8-5-17-3-6-18(38)7-4-17)14-52-58(49,50)55-57(47,48)51-13-19-24(54-56(44,45)46)23(41)29(53-19)37-16-36-22-26(31)34-15-35-27(22)37/h3-8,15-16,19,23-25,29,38,41-42H,9-14H2,1-2H3,(H,32,39)(H,33,43)(H,47,48)(H,49,50)(H2,31,34,35)(H2,44,45,46)/b8-5+/t19-,23-,24-,25+,29-/m1/s1. The van der Waals surface area contributed by atoms with Crippen molar-refractivity contribution in [3.05, 3.63) is 48.6 Å². The van der Waals surface area contributed by atoms with Crippen LogP contribution in [0.1, 0.15) is 32.1 Å². The number of hydrogen-bond donors (Lipinski definition) is 10. The number of carbonyl (C=O) groups excluding carboxylic acids is 3. The molecule has 326 valence electrons. The van der Waals surface area contributed by atoms with Crippen molar-refractivity contribution in [1.29, 1.82) is 0 Å². The second kappa shape index (κ2) is 20.3. The van der Waals surface area contributed by atoms with Gasteiger partial charge in [0, 0.05) is 30.7 Å². The Labute approximate surface area is 338 Å². The number of nitrogen functional groups attached to an aromatic ring is 1. The normalized spacial score (nSPS) is 21.2. The number of rotatable bonds is 21. The van der Waals surface area contributed by atoms with E-state index in [1.54, 1.807) is 18.2 Å². The number of benzene rings is 1. The van der Waals surface area contributed by atoms with Crippen LogP contribution >= 0.6 is 35.2 Å². The number of thioether (sulfide) groups is 1. The summed E-state index contributed by atoms with van der Waals surface area (Å²) in [5.74, 6) is -1.17. The third kappa shape index (κ3) is 14.5. The number of aliphatic hydroxyl groups is 2. The summed E-state index contributed by atoms with van der Waals surface area (Å²) in [4.78, 5) is 87.7. The molecule has 2 amide bonds. The van der Waals surface area contributed by atoms with Crippen LogP contribution in [0.25, 0.3) is 17.2 Å². The van der Waals surface area contributed by atoms with Crippen molar-refractivity contribution >= 4 is 75.2 Å². The van der Waals surface area contributed by atoms with Gasteiger partial charge in [-0.3, -0.25) is 32.5 Å². The Hall–Kier alpha value is -3.68. The highest BCUT2D eigenvalue weighted by Crippen LogP contribution is 2.61. The van der Waals surface area contributed by atoms with E-state index in [0.29, 0.717) is 5.56 Å². The first kappa shape index (κ1) is 48.0. The first-order valence-electron chi connectivity index (χ1n) is 17.0. The Morgan fingerprint density at radius 3 is 2.39 bits per heavy atom. The van der Waals surface area contributed by atoms with Gasteiger partial charge in [-0.25, -0.2) is 28.6 Å². The molecule has 1 aliphatic rings. The third-order valence-corrected chi connectivity index (χ3v) is 12.0. The summed E-state index contributed by atoms with van der Waals surface area (Å²) in [5, 5.41) is 35.4. The van der Waals surface area contributed by atoms with Crippen LogP contribution in [0, 0.1) is 5.41 Å². The molecule has 0 bridgehead atoms. The minimum Gasteiger partial charge on any atom is -0.508 e. The molecule has 1 aliphatic heterocycles. The lowest BCUT2D eigenvalue weighted by Crippen LogP contribution is -2.46. The quantitative estimate of drug-likeness (QED) is 0.0384. The number of ether oxygens (including phenoxy) is 1. The number of amides is 2. The summed E-state index contributed by atoms with van der Waals surface area (Å²) in [6, 6.07) is 6.21. The predicted molar refractivity (Wildman–Crippen MR) is 204 cm³/mol. The van der Waals surface area contributed by atoms with E-state index in [4.69, 9.17) is 19.5 Å². The monoisotopic (exact) mass is 913 g/mol. The zero-order valence-corrected chi connectivity index (χ0v) is 34.5. The van der Waals surface area contributed by atoms with Gasteiger partial charge in [0.15, 0.2) is 17.7 Å². The van der Waals surface area contributed by atoms with Crippen molar-refractivity contribution in [3.8, 4) is 5.75 Å². The predicted octanol–water partition coefficient (Wildman–Crippen LogP) is 0.0837. The molecule has 4 rings (SSSR count). The topological polar surface area (TPSA) is 384 Å². The highest BCUT2D eigenvalue weighted by molar-refractivity contribution is 8.14. The molecular formula is C30H42N7O18P3S. The van der Waals surface area contributed by atoms with Crippen molar-refractivity contribution in [2.24, 2.45) is 5.41 Å². The Kier molecular flexibility index (Phi) is 16.5. The molecule has 11 N–H and O–H groups in total. The molecule has 1 saturated heterocycles. The fourth-order valence-electron chi connectivity index (χ4n) is 5.08. The third-order valence-electron chi connectivity index (χ3n) is 8.05. The highest BCUT2D eigenvalue weighted by Gasteiger charge is 2.50. The molecule has 0 spiro atoms. The molecule has 2 aromatic heterocycles. The van der Waals surface area contributed by atoms with Crippen molar-refractivity contribution in [2.75, 3.05) is 37.8 Å². The number of phosphoric acid groups is 3.